The fourth-order valence-corrected chi connectivity index (χ4v) is 5.44. The average Bonchev–Trinajstić information content (AvgIpc) is 2.88. The maximum absolute atomic E-state index is 12.4. The molecule has 1 fully saturated rings. The minimum absolute atomic E-state index is 0.124. The highest BCUT2D eigenvalue weighted by Crippen LogP contribution is 2.58. The summed E-state index contributed by atoms with van der Waals surface area (Å²) in [6.45, 7) is 1.75. The van der Waals surface area contributed by atoms with E-state index in [9.17, 15) is 18.3 Å². The summed E-state index contributed by atoms with van der Waals surface area (Å²) in [5.41, 5.74) is -0.657. The van der Waals surface area contributed by atoms with Crippen LogP contribution in [0.15, 0.2) is 52.1 Å². The standard InChI is InChI=1S/C15H15NO4S2/c1-10-13(11-6-3-2-4-7-11)15(10,14(17)18)16-22(19,20)12-8-5-9-21-12/h2-10,13,16H,1H3,(H,17,18)/t10-,13-,15+/m1/s1. The van der Waals surface area contributed by atoms with Gasteiger partial charge in [0.1, 0.15) is 9.75 Å². The van der Waals surface area contributed by atoms with Crippen molar-refractivity contribution in [2.24, 2.45) is 5.92 Å². The second-order valence-corrected chi connectivity index (χ2v) is 8.25. The first-order chi connectivity index (χ1) is 10.4. The van der Waals surface area contributed by atoms with Gasteiger partial charge in [0.2, 0.25) is 0 Å². The Morgan fingerprint density at radius 1 is 1.23 bits per heavy atom. The number of carbonyl (C=O) groups is 1. The Balaban J connectivity index is 1.97. The number of hydrogen-bond donors (Lipinski definition) is 2. The molecule has 0 amide bonds. The van der Waals surface area contributed by atoms with Crippen LogP contribution in [0.1, 0.15) is 18.4 Å². The molecule has 2 aromatic rings. The predicted octanol–water partition coefficient (Wildman–Crippen LogP) is 2.28. The molecule has 1 aliphatic carbocycles. The highest BCUT2D eigenvalue weighted by Gasteiger charge is 2.70. The van der Waals surface area contributed by atoms with Crippen molar-refractivity contribution in [1.82, 2.24) is 4.72 Å². The molecule has 0 spiro atoms. The highest BCUT2D eigenvalue weighted by atomic mass is 32.2. The molecule has 2 N–H and O–H groups in total. The highest BCUT2D eigenvalue weighted by molar-refractivity contribution is 7.91. The van der Waals surface area contributed by atoms with E-state index >= 15 is 0 Å². The fourth-order valence-electron chi connectivity index (χ4n) is 2.99. The van der Waals surface area contributed by atoms with Crippen molar-refractivity contribution in [2.75, 3.05) is 0 Å². The molecule has 1 aromatic heterocycles. The molecule has 1 heterocycles. The quantitative estimate of drug-likeness (QED) is 0.877. The summed E-state index contributed by atoms with van der Waals surface area (Å²) in [6.07, 6.45) is 0. The molecule has 116 valence electrons. The summed E-state index contributed by atoms with van der Waals surface area (Å²) in [4.78, 5) is 11.8. The normalized spacial score (nSPS) is 27.5. The van der Waals surface area contributed by atoms with E-state index in [0.717, 1.165) is 16.9 Å². The Labute approximate surface area is 132 Å². The van der Waals surface area contributed by atoms with E-state index in [1.807, 2.05) is 30.3 Å². The van der Waals surface area contributed by atoms with Crippen LogP contribution in [0.4, 0.5) is 0 Å². The van der Waals surface area contributed by atoms with Crippen molar-refractivity contribution in [1.29, 1.82) is 0 Å². The maximum atomic E-state index is 12.4. The second kappa shape index (κ2) is 5.19. The number of hydrogen-bond acceptors (Lipinski definition) is 4. The maximum Gasteiger partial charge on any atom is 0.325 e. The smallest absolute Gasteiger partial charge is 0.325 e. The van der Waals surface area contributed by atoms with Crippen LogP contribution in [-0.2, 0) is 14.8 Å². The lowest BCUT2D eigenvalue weighted by Crippen LogP contribution is -2.45. The summed E-state index contributed by atoms with van der Waals surface area (Å²) < 4.78 is 27.4. The molecule has 1 saturated carbocycles. The molecule has 7 heteroatoms. The molecule has 22 heavy (non-hydrogen) atoms. The van der Waals surface area contributed by atoms with Gasteiger partial charge < -0.3 is 5.11 Å². The van der Waals surface area contributed by atoms with Crippen LogP contribution in [0.2, 0.25) is 0 Å². The molecule has 0 radical (unpaired) electrons. The third-order valence-corrected chi connectivity index (χ3v) is 7.06. The Bertz CT molecular complexity index is 786. The van der Waals surface area contributed by atoms with Crippen molar-refractivity contribution in [3.8, 4) is 0 Å². The monoisotopic (exact) mass is 337 g/mol. The number of benzene rings is 1. The zero-order valence-electron chi connectivity index (χ0n) is 11.8. The second-order valence-electron chi connectivity index (χ2n) is 5.39. The number of carboxylic acids is 1. The molecule has 0 bridgehead atoms. The molecule has 5 nitrogen and oxygen atoms in total. The van der Waals surface area contributed by atoms with Gasteiger partial charge in [0.05, 0.1) is 0 Å². The summed E-state index contributed by atoms with van der Waals surface area (Å²) in [7, 11) is -3.84. The first-order valence-corrected chi connectivity index (χ1v) is 9.11. The Kier molecular flexibility index (Phi) is 3.58. The van der Waals surface area contributed by atoms with Gasteiger partial charge in [0, 0.05) is 5.92 Å². The van der Waals surface area contributed by atoms with Gasteiger partial charge in [-0.1, -0.05) is 43.3 Å². The van der Waals surface area contributed by atoms with Crippen LogP contribution in [0.3, 0.4) is 0 Å². The minimum atomic E-state index is -3.84. The zero-order valence-corrected chi connectivity index (χ0v) is 13.4. The largest absolute Gasteiger partial charge is 0.480 e. The number of nitrogens with one attached hydrogen (secondary N) is 1. The summed E-state index contributed by atoms with van der Waals surface area (Å²) in [6, 6.07) is 12.2. The van der Waals surface area contributed by atoms with Gasteiger partial charge in [0.25, 0.3) is 10.0 Å². The van der Waals surface area contributed by atoms with E-state index in [1.54, 1.807) is 18.4 Å². The number of sulfonamides is 1. The van der Waals surface area contributed by atoms with Crippen LogP contribution in [0.25, 0.3) is 0 Å². The third-order valence-electron chi connectivity index (χ3n) is 4.18. The summed E-state index contributed by atoms with van der Waals surface area (Å²) >= 11 is 1.06. The lowest BCUT2D eigenvalue weighted by atomic mass is 10.1. The Morgan fingerprint density at radius 2 is 1.91 bits per heavy atom. The Hall–Kier alpha value is -1.70. The fraction of sp³-hybridized carbons (Fsp3) is 0.267. The molecular formula is C15H15NO4S2. The third kappa shape index (κ3) is 2.25. The van der Waals surface area contributed by atoms with E-state index in [0.29, 0.717) is 0 Å². The minimum Gasteiger partial charge on any atom is -0.480 e. The first-order valence-electron chi connectivity index (χ1n) is 6.75. The van der Waals surface area contributed by atoms with E-state index < -0.39 is 21.5 Å². The molecule has 0 saturated heterocycles. The number of thiophene rings is 1. The zero-order chi connectivity index (χ0) is 16.0. The van der Waals surface area contributed by atoms with Crippen LogP contribution in [0, 0.1) is 5.92 Å². The molecule has 0 aliphatic heterocycles. The van der Waals surface area contributed by atoms with Crippen LogP contribution >= 0.6 is 11.3 Å². The van der Waals surface area contributed by atoms with Gasteiger partial charge in [-0.3, -0.25) is 4.79 Å². The SMILES string of the molecule is C[C@@H]1[C@H](c2ccccc2)[C@]1(NS(=O)(=O)c1cccs1)C(=O)O. The van der Waals surface area contributed by atoms with E-state index in [4.69, 9.17) is 0 Å². The topological polar surface area (TPSA) is 83.5 Å². The lowest BCUT2D eigenvalue weighted by Gasteiger charge is -2.15. The predicted molar refractivity (Wildman–Crippen MR) is 83.4 cm³/mol. The van der Waals surface area contributed by atoms with Gasteiger partial charge in [-0.2, -0.15) is 4.72 Å². The molecular weight excluding hydrogens is 322 g/mol. The van der Waals surface area contributed by atoms with Crippen molar-refractivity contribution < 1.29 is 18.3 Å². The van der Waals surface area contributed by atoms with E-state index in [2.05, 4.69) is 4.72 Å². The molecule has 3 rings (SSSR count). The van der Waals surface area contributed by atoms with Crippen molar-refractivity contribution >= 4 is 27.3 Å². The average molecular weight is 337 g/mol. The van der Waals surface area contributed by atoms with Crippen molar-refractivity contribution in [3.05, 3.63) is 53.4 Å². The summed E-state index contributed by atoms with van der Waals surface area (Å²) in [5.74, 6) is -1.84. The molecule has 1 aromatic carbocycles. The number of carboxylic acid groups (broad SMARTS) is 1. The van der Waals surface area contributed by atoms with Gasteiger partial charge in [-0.25, -0.2) is 8.42 Å². The van der Waals surface area contributed by atoms with Gasteiger partial charge >= 0.3 is 5.97 Å². The van der Waals surface area contributed by atoms with Gasteiger partial charge in [-0.05, 0) is 22.9 Å². The number of aliphatic carboxylic acids is 1. The molecule has 0 unspecified atom stereocenters. The lowest BCUT2D eigenvalue weighted by molar-refractivity contribution is -0.140. The van der Waals surface area contributed by atoms with Crippen LogP contribution in [0.5, 0.6) is 0 Å². The van der Waals surface area contributed by atoms with Crippen molar-refractivity contribution in [3.63, 3.8) is 0 Å². The number of rotatable bonds is 5. The van der Waals surface area contributed by atoms with Crippen molar-refractivity contribution in [2.45, 2.75) is 22.6 Å². The van der Waals surface area contributed by atoms with Crippen LogP contribution in [-0.4, -0.2) is 25.0 Å². The van der Waals surface area contributed by atoms with Crippen LogP contribution < -0.4 is 4.72 Å². The Morgan fingerprint density at radius 3 is 2.45 bits per heavy atom. The molecule has 1 aliphatic rings. The molecule has 3 atom stereocenters. The first kappa shape index (κ1) is 15.2. The summed E-state index contributed by atoms with van der Waals surface area (Å²) in [5, 5.41) is 11.3. The van der Waals surface area contributed by atoms with E-state index in [1.165, 1.54) is 6.07 Å². The van der Waals surface area contributed by atoms with Gasteiger partial charge in [0.15, 0.2) is 0 Å². The van der Waals surface area contributed by atoms with Gasteiger partial charge in [-0.15, -0.1) is 11.3 Å². The van der Waals surface area contributed by atoms with E-state index in [-0.39, 0.29) is 16.0 Å².